The Morgan fingerprint density at radius 1 is 1.00 bits per heavy atom. The fourth-order valence-electron chi connectivity index (χ4n) is 2.03. The Hall–Kier alpha value is -2.50. The lowest BCUT2D eigenvalue weighted by Crippen LogP contribution is -2.27. The first-order valence-corrected chi connectivity index (χ1v) is 7.08. The third-order valence-electron chi connectivity index (χ3n) is 3.16. The van der Waals surface area contributed by atoms with E-state index in [4.69, 9.17) is 0 Å². The summed E-state index contributed by atoms with van der Waals surface area (Å²) in [7, 11) is 0. The van der Waals surface area contributed by atoms with Gasteiger partial charge in [-0.3, -0.25) is 4.79 Å². The molecule has 0 atom stereocenters. The molecule has 0 bridgehead atoms. The molecular weight excluding hydrogens is 307 g/mol. The van der Waals surface area contributed by atoms with Gasteiger partial charge in [-0.15, -0.1) is 0 Å². The third-order valence-corrected chi connectivity index (χ3v) is 3.16. The molecule has 1 N–H and O–H groups in total. The number of benzene rings is 2. The molecule has 0 unspecified atom stereocenters. The summed E-state index contributed by atoms with van der Waals surface area (Å²) in [6.45, 7) is -2.42. The summed E-state index contributed by atoms with van der Waals surface area (Å²) in [6, 6.07) is 12.0. The number of carbonyl (C=O) groups is 1. The number of ether oxygens (including phenoxy) is 1. The van der Waals surface area contributed by atoms with Gasteiger partial charge in [0.1, 0.15) is 11.6 Å². The van der Waals surface area contributed by atoms with E-state index in [1.54, 1.807) is 24.3 Å². The van der Waals surface area contributed by atoms with Crippen molar-refractivity contribution in [3.63, 3.8) is 0 Å². The molecule has 0 aliphatic heterocycles. The zero-order valence-electron chi connectivity index (χ0n) is 12.3. The molecule has 0 spiro atoms. The fourth-order valence-corrected chi connectivity index (χ4v) is 2.03. The maximum absolute atomic E-state index is 12.8. The summed E-state index contributed by atoms with van der Waals surface area (Å²) >= 11 is 0. The van der Waals surface area contributed by atoms with E-state index in [2.05, 4.69) is 10.1 Å². The van der Waals surface area contributed by atoms with Gasteiger partial charge in [-0.2, -0.15) is 8.78 Å². The molecule has 2 aromatic rings. The molecule has 122 valence electrons. The molecule has 0 radical (unpaired) electrons. The largest absolute Gasteiger partial charge is 0.435 e. The molecular formula is C17H16F3NO2. The van der Waals surface area contributed by atoms with Crippen LogP contribution in [0, 0.1) is 5.82 Å². The number of nitrogens with one attached hydrogen (secondary N) is 1. The summed E-state index contributed by atoms with van der Waals surface area (Å²) in [6.07, 6.45) is 0.756. The van der Waals surface area contributed by atoms with Crippen LogP contribution in [-0.4, -0.2) is 19.1 Å². The Balaban J connectivity index is 1.73. The van der Waals surface area contributed by atoms with Crippen molar-refractivity contribution in [3.8, 4) is 5.75 Å². The minimum Gasteiger partial charge on any atom is -0.435 e. The Morgan fingerprint density at radius 2 is 1.61 bits per heavy atom. The lowest BCUT2D eigenvalue weighted by molar-refractivity contribution is -0.120. The van der Waals surface area contributed by atoms with Crippen LogP contribution in [0.15, 0.2) is 48.5 Å². The lowest BCUT2D eigenvalue weighted by Gasteiger charge is -2.07. The van der Waals surface area contributed by atoms with Crippen molar-refractivity contribution in [2.45, 2.75) is 19.5 Å². The number of alkyl halides is 2. The summed E-state index contributed by atoms with van der Waals surface area (Å²) < 4.78 is 41.1. The zero-order valence-corrected chi connectivity index (χ0v) is 12.3. The van der Waals surface area contributed by atoms with Gasteiger partial charge in [0.05, 0.1) is 6.42 Å². The Bertz CT molecular complexity index is 627. The van der Waals surface area contributed by atoms with Crippen molar-refractivity contribution >= 4 is 5.91 Å². The first-order chi connectivity index (χ1) is 11.0. The Labute approximate surface area is 132 Å². The van der Waals surface area contributed by atoms with E-state index in [-0.39, 0.29) is 23.9 Å². The molecule has 2 rings (SSSR count). The van der Waals surface area contributed by atoms with Crippen LogP contribution in [0.2, 0.25) is 0 Å². The molecule has 0 aromatic heterocycles. The first-order valence-electron chi connectivity index (χ1n) is 7.08. The van der Waals surface area contributed by atoms with E-state index in [0.717, 1.165) is 11.1 Å². The SMILES string of the molecule is O=C(Cc1ccc(F)cc1)NCCc1ccc(OC(F)F)cc1. The van der Waals surface area contributed by atoms with E-state index in [0.29, 0.717) is 13.0 Å². The van der Waals surface area contributed by atoms with Crippen LogP contribution in [-0.2, 0) is 17.6 Å². The van der Waals surface area contributed by atoms with Gasteiger partial charge in [0, 0.05) is 6.54 Å². The predicted octanol–water partition coefficient (Wildman–Crippen LogP) is 3.33. The van der Waals surface area contributed by atoms with Crippen molar-refractivity contribution in [1.29, 1.82) is 0 Å². The van der Waals surface area contributed by atoms with Crippen LogP contribution in [0.5, 0.6) is 5.75 Å². The molecule has 0 heterocycles. The third kappa shape index (κ3) is 6.02. The van der Waals surface area contributed by atoms with Crippen LogP contribution in [0.3, 0.4) is 0 Å². The highest BCUT2D eigenvalue weighted by atomic mass is 19.3. The number of hydrogen-bond acceptors (Lipinski definition) is 2. The average molecular weight is 323 g/mol. The van der Waals surface area contributed by atoms with Gasteiger partial charge >= 0.3 is 6.61 Å². The fraction of sp³-hybridized carbons (Fsp3) is 0.235. The highest BCUT2D eigenvalue weighted by molar-refractivity contribution is 5.78. The van der Waals surface area contributed by atoms with Crippen molar-refractivity contribution in [2.24, 2.45) is 0 Å². The molecule has 0 fully saturated rings. The summed E-state index contributed by atoms with van der Waals surface area (Å²) in [5, 5.41) is 2.76. The van der Waals surface area contributed by atoms with E-state index in [1.165, 1.54) is 24.3 Å². The highest BCUT2D eigenvalue weighted by Gasteiger charge is 2.05. The number of rotatable bonds is 7. The van der Waals surface area contributed by atoms with E-state index in [9.17, 15) is 18.0 Å². The first kappa shape index (κ1) is 16.9. The lowest BCUT2D eigenvalue weighted by atomic mass is 10.1. The summed E-state index contributed by atoms with van der Waals surface area (Å²) in [5.74, 6) is -0.396. The van der Waals surface area contributed by atoms with Crippen LogP contribution in [0.4, 0.5) is 13.2 Å². The summed E-state index contributed by atoms with van der Waals surface area (Å²) in [4.78, 5) is 11.8. The van der Waals surface area contributed by atoms with Crippen LogP contribution < -0.4 is 10.1 Å². The quantitative estimate of drug-likeness (QED) is 0.849. The monoisotopic (exact) mass is 323 g/mol. The smallest absolute Gasteiger partial charge is 0.387 e. The second-order valence-electron chi connectivity index (χ2n) is 4.93. The number of halogens is 3. The zero-order chi connectivity index (χ0) is 16.7. The van der Waals surface area contributed by atoms with E-state index < -0.39 is 6.61 Å². The molecule has 0 aliphatic carbocycles. The van der Waals surface area contributed by atoms with Crippen LogP contribution in [0.1, 0.15) is 11.1 Å². The van der Waals surface area contributed by atoms with Crippen molar-refractivity contribution < 1.29 is 22.7 Å². The molecule has 3 nitrogen and oxygen atoms in total. The van der Waals surface area contributed by atoms with Gasteiger partial charge in [0.2, 0.25) is 5.91 Å². The standard InChI is InChI=1S/C17H16F3NO2/c18-14-5-1-13(2-6-14)11-16(22)21-10-9-12-3-7-15(8-4-12)23-17(19)20/h1-8,17H,9-11H2,(H,21,22). The minimum absolute atomic E-state index is 0.101. The number of hydrogen-bond donors (Lipinski definition) is 1. The Morgan fingerprint density at radius 3 is 2.22 bits per heavy atom. The number of amides is 1. The molecule has 23 heavy (non-hydrogen) atoms. The van der Waals surface area contributed by atoms with Crippen LogP contribution in [0.25, 0.3) is 0 Å². The van der Waals surface area contributed by atoms with Gasteiger partial charge in [-0.05, 0) is 41.8 Å². The molecule has 0 aliphatic rings. The van der Waals surface area contributed by atoms with Crippen molar-refractivity contribution in [3.05, 3.63) is 65.5 Å². The maximum atomic E-state index is 12.8. The van der Waals surface area contributed by atoms with Gasteiger partial charge in [0.15, 0.2) is 0 Å². The Kier molecular flexibility index (Phi) is 6.02. The average Bonchev–Trinajstić information content (AvgIpc) is 2.51. The molecule has 6 heteroatoms. The molecule has 1 amide bonds. The number of carbonyl (C=O) groups excluding carboxylic acids is 1. The summed E-state index contributed by atoms with van der Waals surface area (Å²) in [5.41, 5.74) is 1.63. The van der Waals surface area contributed by atoms with Gasteiger partial charge in [-0.25, -0.2) is 4.39 Å². The molecule has 0 saturated heterocycles. The second-order valence-corrected chi connectivity index (χ2v) is 4.93. The van der Waals surface area contributed by atoms with Crippen molar-refractivity contribution in [1.82, 2.24) is 5.32 Å². The van der Waals surface area contributed by atoms with Crippen molar-refractivity contribution in [2.75, 3.05) is 6.54 Å². The second kappa shape index (κ2) is 8.22. The van der Waals surface area contributed by atoms with Gasteiger partial charge in [0.25, 0.3) is 0 Å². The predicted molar refractivity (Wildman–Crippen MR) is 79.9 cm³/mol. The van der Waals surface area contributed by atoms with Gasteiger partial charge in [-0.1, -0.05) is 24.3 Å². The van der Waals surface area contributed by atoms with E-state index >= 15 is 0 Å². The topological polar surface area (TPSA) is 38.3 Å². The highest BCUT2D eigenvalue weighted by Crippen LogP contribution is 2.15. The van der Waals surface area contributed by atoms with Gasteiger partial charge < -0.3 is 10.1 Å². The van der Waals surface area contributed by atoms with Crippen LogP contribution >= 0.6 is 0 Å². The molecule has 2 aromatic carbocycles. The minimum atomic E-state index is -2.84. The normalized spacial score (nSPS) is 10.6. The van der Waals surface area contributed by atoms with E-state index in [1.807, 2.05) is 0 Å². The maximum Gasteiger partial charge on any atom is 0.387 e. The molecule has 0 saturated carbocycles.